The van der Waals surface area contributed by atoms with Gasteiger partial charge in [-0.15, -0.1) is 0 Å². The van der Waals surface area contributed by atoms with Crippen LogP contribution in [0, 0.1) is 0 Å². The molecule has 34 heavy (non-hydrogen) atoms. The first-order chi connectivity index (χ1) is 16.0. The molecule has 0 aliphatic heterocycles. The summed E-state index contributed by atoms with van der Waals surface area (Å²) in [6.45, 7) is 3.01. The molecule has 2 aromatic heterocycles. The topological polar surface area (TPSA) is 136 Å². The van der Waals surface area contributed by atoms with Crippen molar-refractivity contribution in [2.45, 2.75) is 71.1 Å². The lowest BCUT2D eigenvalue weighted by molar-refractivity contribution is -0.139. The molecule has 1 aliphatic carbocycles. The van der Waals surface area contributed by atoms with E-state index in [-0.39, 0.29) is 36.2 Å². The summed E-state index contributed by atoms with van der Waals surface area (Å²) in [6, 6.07) is 0.735. The molecule has 0 unspecified atom stereocenters. The number of H-pyrrole nitrogens is 1. The van der Waals surface area contributed by atoms with Crippen molar-refractivity contribution in [1.29, 1.82) is 0 Å². The Morgan fingerprint density at radius 2 is 1.91 bits per heavy atom. The van der Waals surface area contributed by atoms with Crippen molar-refractivity contribution in [2.75, 3.05) is 17.2 Å². The zero-order chi connectivity index (χ0) is 25.2. The number of alkyl halides is 3. The van der Waals surface area contributed by atoms with E-state index in [0.29, 0.717) is 36.8 Å². The van der Waals surface area contributed by atoms with Crippen molar-refractivity contribution in [3.63, 3.8) is 0 Å². The minimum absolute atomic E-state index is 0.0101. The minimum Gasteiger partial charge on any atom is -0.383 e. The van der Waals surface area contributed by atoms with Crippen LogP contribution in [-0.4, -0.2) is 31.8 Å². The number of hydrogen-bond acceptors (Lipinski definition) is 6. The Morgan fingerprint density at radius 3 is 2.47 bits per heavy atom. The average Bonchev–Trinajstić information content (AvgIpc) is 3.59. The number of anilines is 2. The van der Waals surface area contributed by atoms with E-state index in [1.165, 1.54) is 0 Å². The average molecular weight is 484 g/mol. The lowest BCUT2D eigenvalue weighted by Crippen LogP contribution is -2.44. The van der Waals surface area contributed by atoms with Gasteiger partial charge in [-0.25, -0.2) is 9.48 Å². The van der Waals surface area contributed by atoms with Gasteiger partial charge in [0.2, 0.25) is 5.91 Å². The van der Waals surface area contributed by atoms with Crippen molar-refractivity contribution in [3.8, 4) is 0 Å². The molecule has 1 amide bonds. The molecule has 1 aliphatic rings. The summed E-state index contributed by atoms with van der Waals surface area (Å²) < 4.78 is 42.0. The van der Waals surface area contributed by atoms with Crippen molar-refractivity contribution >= 4 is 17.4 Å². The van der Waals surface area contributed by atoms with Gasteiger partial charge in [-0.05, 0) is 31.7 Å². The molecule has 0 bridgehead atoms. The number of aromatic amines is 1. The van der Waals surface area contributed by atoms with Crippen molar-refractivity contribution in [3.05, 3.63) is 48.5 Å². The molecule has 3 N–H and O–H groups in total. The van der Waals surface area contributed by atoms with E-state index in [4.69, 9.17) is 5.73 Å². The van der Waals surface area contributed by atoms with E-state index in [1.54, 1.807) is 6.92 Å². The van der Waals surface area contributed by atoms with E-state index >= 15 is 0 Å². The third kappa shape index (κ3) is 5.23. The quantitative estimate of drug-likeness (QED) is 0.557. The van der Waals surface area contributed by atoms with Gasteiger partial charge in [0.05, 0.1) is 5.69 Å². The number of carbonyl (C=O) groups is 1. The van der Waals surface area contributed by atoms with E-state index < -0.39 is 41.0 Å². The van der Waals surface area contributed by atoms with E-state index in [1.807, 2.05) is 6.92 Å². The fourth-order valence-electron chi connectivity index (χ4n) is 3.63. The molecule has 0 spiro atoms. The molecule has 2 aromatic rings. The highest BCUT2D eigenvalue weighted by atomic mass is 19.4. The Balaban J connectivity index is 2.07. The number of amides is 1. The predicted molar refractivity (Wildman–Crippen MR) is 119 cm³/mol. The number of nitrogens with one attached hydrogen (secondary N) is 1. The second-order valence-electron chi connectivity index (χ2n) is 8.26. The largest absolute Gasteiger partial charge is 0.421 e. The summed E-state index contributed by atoms with van der Waals surface area (Å²) in [6.07, 6.45) is -2.03. The van der Waals surface area contributed by atoms with E-state index in [0.717, 1.165) is 15.5 Å². The summed E-state index contributed by atoms with van der Waals surface area (Å²) in [5.41, 5.74) is 1.40. The number of nitrogens with two attached hydrogens (primary N) is 1. The molecule has 0 radical (unpaired) electrons. The Hall–Kier alpha value is -3.38. The maximum Gasteiger partial charge on any atom is 0.421 e. The second kappa shape index (κ2) is 9.85. The Labute approximate surface area is 192 Å². The zero-order valence-corrected chi connectivity index (χ0v) is 18.9. The van der Waals surface area contributed by atoms with Crippen LogP contribution >= 0.6 is 0 Å². The third-order valence-corrected chi connectivity index (χ3v) is 5.55. The first kappa shape index (κ1) is 25.2. The molecule has 1 saturated carbocycles. The van der Waals surface area contributed by atoms with Crippen LogP contribution in [0.5, 0.6) is 0 Å². The van der Waals surface area contributed by atoms with Crippen LogP contribution in [0.2, 0.25) is 0 Å². The molecule has 13 heteroatoms. The van der Waals surface area contributed by atoms with E-state index in [2.05, 4.69) is 10.1 Å². The number of aromatic nitrogens is 4. The van der Waals surface area contributed by atoms with Gasteiger partial charge in [-0.3, -0.25) is 23.9 Å². The maximum absolute atomic E-state index is 13.4. The van der Waals surface area contributed by atoms with Crippen molar-refractivity contribution in [1.82, 2.24) is 19.3 Å². The summed E-state index contributed by atoms with van der Waals surface area (Å²) in [5, 5.41) is 4.00. The molecule has 3 rings (SSSR count). The first-order valence-corrected chi connectivity index (χ1v) is 11.1. The van der Waals surface area contributed by atoms with Gasteiger partial charge in [0, 0.05) is 19.0 Å². The number of hydrogen-bond donors (Lipinski definition) is 2. The Kier molecular flexibility index (Phi) is 7.32. The molecule has 2 heterocycles. The standard InChI is InChI=1S/C21H27F3N6O4/c1-3-5-9-28(16-17(25)29(8-4-2)20(34)26-18(16)32)15(31)11-30-19(33)13(21(22,23)24)10-14(27-30)12-6-7-12/h10,12H,3-9,11,25H2,1-2H3,(H,26,32,34). The highest BCUT2D eigenvalue weighted by Gasteiger charge is 2.38. The monoisotopic (exact) mass is 484 g/mol. The van der Waals surface area contributed by atoms with Crippen LogP contribution in [0.1, 0.15) is 63.1 Å². The summed E-state index contributed by atoms with van der Waals surface area (Å²) >= 11 is 0. The lowest BCUT2D eigenvalue weighted by Gasteiger charge is -2.24. The number of rotatable bonds is 9. The molecule has 0 atom stereocenters. The number of nitrogen functional groups attached to an aromatic ring is 1. The number of unbranched alkanes of at least 4 members (excludes halogenated alkanes) is 1. The van der Waals surface area contributed by atoms with Crippen LogP contribution in [0.15, 0.2) is 20.4 Å². The van der Waals surface area contributed by atoms with Gasteiger partial charge >= 0.3 is 11.9 Å². The Morgan fingerprint density at radius 1 is 1.24 bits per heavy atom. The lowest BCUT2D eigenvalue weighted by atomic mass is 10.2. The first-order valence-electron chi connectivity index (χ1n) is 11.1. The van der Waals surface area contributed by atoms with Crippen molar-refractivity contribution < 1.29 is 18.0 Å². The van der Waals surface area contributed by atoms with Crippen LogP contribution in [-0.2, 0) is 24.1 Å². The summed E-state index contributed by atoms with van der Waals surface area (Å²) in [4.78, 5) is 53.6. The fourth-order valence-corrected chi connectivity index (χ4v) is 3.63. The summed E-state index contributed by atoms with van der Waals surface area (Å²) in [5.74, 6) is -1.28. The fraction of sp³-hybridized carbons (Fsp3) is 0.571. The zero-order valence-electron chi connectivity index (χ0n) is 18.9. The van der Waals surface area contributed by atoms with Gasteiger partial charge in [-0.1, -0.05) is 20.3 Å². The molecular formula is C21H27F3N6O4. The van der Waals surface area contributed by atoms with Crippen LogP contribution in [0.4, 0.5) is 24.7 Å². The number of nitrogens with zero attached hydrogens (tertiary/aromatic N) is 4. The Bertz CT molecular complexity index is 1240. The molecule has 1 fully saturated rings. The van der Waals surface area contributed by atoms with Gasteiger partial charge in [0.25, 0.3) is 11.1 Å². The van der Waals surface area contributed by atoms with Crippen LogP contribution < -0.4 is 27.4 Å². The molecule has 0 aromatic carbocycles. The smallest absolute Gasteiger partial charge is 0.383 e. The van der Waals surface area contributed by atoms with Crippen LogP contribution in [0.3, 0.4) is 0 Å². The van der Waals surface area contributed by atoms with Crippen molar-refractivity contribution in [2.24, 2.45) is 0 Å². The SMILES string of the molecule is CCCCN(C(=O)Cn1nc(C2CC2)cc(C(F)(F)F)c1=O)c1c(N)n(CCC)c(=O)[nH]c1=O. The summed E-state index contributed by atoms with van der Waals surface area (Å²) in [7, 11) is 0. The van der Waals surface area contributed by atoms with E-state index in [9.17, 15) is 32.3 Å². The van der Waals surface area contributed by atoms with Crippen LogP contribution in [0.25, 0.3) is 0 Å². The van der Waals surface area contributed by atoms with Gasteiger partial charge in [-0.2, -0.15) is 18.3 Å². The normalized spacial score (nSPS) is 13.8. The van der Waals surface area contributed by atoms with Gasteiger partial charge < -0.3 is 10.6 Å². The predicted octanol–water partition coefficient (Wildman–Crippen LogP) is 1.81. The number of halogens is 3. The molecule has 10 nitrogen and oxygen atoms in total. The molecule has 0 saturated heterocycles. The minimum atomic E-state index is -4.91. The van der Waals surface area contributed by atoms with Gasteiger partial charge in [0.15, 0.2) is 5.69 Å². The highest BCUT2D eigenvalue weighted by molar-refractivity contribution is 5.95. The van der Waals surface area contributed by atoms with Gasteiger partial charge in [0.1, 0.15) is 17.9 Å². The highest BCUT2D eigenvalue weighted by Crippen LogP contribution is 2.40. The number of carbonyl (C=O) groups excluding carboxylic acids is 1. The maximum atomic E-state index is 13.4. The third-order valence-electron chi connectivity index (χ3n) is 5.55. The second-order valence-corrected chi connectivity index (χ2v) is 8.26. The molecule has 186 valence electrons. The molecular weight excluding hydrogens is 457 g/mol.